The smallest absolute Gasteiger partial charge is 0.274 e. The molecule has 0 bridgehead atoms. The van der Waals surface area contributed by atoms with Crippen molar-refractivity contribution < 1.29 is 18.3 Å². The molecule has 0 fully saturated rings. The summed E-state index contributed by atoms with van der Waals surface area (Å²) in [5.41, 5.74) is 2.04. The number of halogens is 2. The SMILES string of the molecule is Cc1nn(C)cc1CN(C)C(=O)c1ccn(COc2ccc(F)cc2F)n1. The first-order valence-electron chi connectivity index (χ1n) is 8.19. The number of aryl methyl sites for hydroxylation is 2. The molecule has 142 valence electrons. The molecule has 0 spiro atoms. The van der Waals surface area contributed by atoms with Crippen molar-refractivity contribution in [1.82, 2.24) is 24.5 Å². The summed E-state index contributed by atoms with van der Waals surface area (Å²) < 4.78 is 34.8. The van der Waals surface area contributed by atoms with E-state index in [9.17, 15) is 13.6 Å². The molecule has 27 heavy (non-hydrogen) atoms. The summed E-state index contributed by atoms with van der Waals surface area (Å²) in [6, 6.07) is 4.60. The Kier molecular flexibility index (Phi) is 5.20. The van der Waals surface area contributed by atoms with Crippen LogP contribution in [0.1, 0.15) is 21.7 Å². The topological polar surface area (TPSA) is 65.2 Å². The van der Waals surface area contributed by atoms with E-state index in [4.69, 9.17) is 4.74 Å². The van der Waals surface area contributed by atoms with Gasteiger partial charge in [0.05, 0.1) is 5.69 Å². The summed E-state index contributed by atoms with van der Waals surface area (Å²) >= 11 is 0. The minimum atomic E-state index is -0.801. The predicted molar refractivity (Wildman–Crippen MR) is 93.0 cm³/mol. The van der Waals surface area contributed by atoms with Gasteiger partial charge in [0.15, 0.2) is 24.0 Å². The van der Waals surface area contributed by atoms with E-state index in [0.717, 1.165) is 23.4 Å². The maximum atomic E-state index is 13.6. The zero-order chi connectivity index (χ0) is 19.6. The first kappa shape index (κ1) is 18.6. The zero-order valence-corrected chi connectivity index (χ0v) is 15.2. The van der Waals surface area contributed by atoms with Gasteiger partial charge in [-0.3, -0.25) is 9.48 Å². The van der Waals surface area contributed by atoms with Crippen LogP contribution in [0.15, 0.2) is 36.7 Å². The molecule has 0 saturated heterocycles. The number of hydrogen-bond donors (Lipinski definition) is 0. The first-order chi connectivity index (χ1) is 12.8. The van der Waals surface area contributed by atoms with E-state index in [0.29, 0.717) is 6.54 Å². The summed E-state index contributed by atoms with van der Waals surface area (Å²) in [7, 11) is 3.50. The molecule has 0 aliphatic heterocycles. The second-order valence-corrected chi connectivity index (χ2v) is 6.16. The highest BCUT2D eigenvalue weighted by molar-refractivity contribution is 5.91. The molecule has 0 atom stereocenters. The monoisotopic (exact) mass is 375 g/mol. The van der Waals surface area contributed by atoms with E-state index in [1.54, 1.807) is 24.0 Å². The highest BCUT2D eigenvalue weighted by atomic mass is 19.1. The van der Waals surface area contributed by atoms with E-state index in [1.165, 1.54) is 15.6 Å². The van der Waals surface area contributed by atoms with Crippen LogP contribution >= 0.6 is 0 Å². The number of carbonyl (C=O) groups is 1. The molecule has 2 aromatic heterocycles. The summed E-state index contributed by atoms with van der Waals surface area (Å²) in [4.78, 5) is 14.1. The van der Waals surface area contributed by atoms with Crippen molar-refractivity contribution in [2.75, 3.05) is 7.05 Å². The van der Waals surface area contributed by atoms with Crippen LogP contribution < -0.4 is 4.74 Å². The van der Waals surface area contributed by atoms with E-state index in [-0.39, 0.29) is 24.1 Å². The van der Waals surface area contributed by atoms with Crippen LogP contribution in [0.5, 0.6) is 5.75 Å². The minimum absolute atomic E-state index is 0.0936. The normalized spacial score (nSPS) is 10.9. The molecule has 0 radical (unpaired) electrons. The first-order valence-corrected chi connectivity index (χ1v) is 8.19. The molecule has 0 aliphatic carbocycles. The Balaban J connectivity index is 1.62. The van der Waals surface area contributed by atoms with Gasteiger partial charge in [-0.2, -0.15) is 10.2 Å². The molecular weight excluding hydrogens is 356 g/mol. The second-order valence-electron chi connectivity index (χ2n) is 6.16. The van der Waals surface area contributed by atoms with Gasteiger partial charge in [-0.25, -0.2) is 13.5 Å². The van der Waals surface area contributed by atoms with Crippen molar-refractivity contribution in [2.45, 2.75) is 20.2 Å². The van der Waals surface area contributed by atoms with E-state index >= 15 is 0 Å². The summed E-state index contributed by atoms with van der Waals surface area (Å²) in [5.74, 6) is -1.84. The highest BCUT2D eigenvalue weighted by Crippen LogP contribution is 2.18. The van der Waals surface area contributed by atoms with Crippen molar-refractivity contribution in [3.05, 3.63) is 65.2 Å². The van der Waals surface area contributed by atoms with Gasteiger partial charge in [0.25, 0.3) is 5.91 Å². The van der Waals surface area contributed by atoms with E-state index in [1.807, 2.05) is 20.2 Å². The van der Waals surface area contributed by atoms with Gasteiger partial charge in [-0.05, 0) is 25.1 Å². The molecule has 7 nitrogen and oxygen atoms in total. The lowest BCUT2D eigenvalue weighted by Gasteiger charge is -2.15. The van der Waals surface area contributed by atoms with Gasteiger partial charge in [-0.15, -0.1) is 0 Å². The van der Waals surface area contributed by atoms with Crippen LogP contribution in [0, 0.1) is 18.6 Å². The van der Waals surface area contributed by atoms with Crippen molar-refractivity contribution in [1.29, 1.82) is 0 Å². The fraction of sp³-hybridized carbons (Fsp3) is 0.278. The van der Waals surface area contributed by atoms with Gasteiger partial charge in [0.1, 0.15) is 5.82 Å². The third kappa shape index (κ3) is 4.30. The minimum Gasteiger partial charge on any atom is -0.468 e. The fourth-order valence-electron chi connectivity index (χ4n) is 2.60. The van der Waals surface area contributed by atoms with E-state index in [2.05, 4.69) is 10.2 Å². The lowest BCUT2D eigenvalue weighted by molar-refractivity contribution is 0.0777. The van der Waals surface area contributed by atoms with Crippen LogP contribution in [0.3, 0.4) is 0 Å². The van der Waals surface area contributed by atoms with Crippen molar-refractivity contribution >= 4 is 5.91 Å². The van der Waals surface area contributed by atoms with Gasteiger partial charge in [0, 0.05) is 44.7 Å². The quantitative estimate of drug-likeness (QED) is 0.664. The number of carbonyl (C=O) groups excluding carboxylic acids is 1. The Morgan fingerprint density at radius 2 is 2.04 bits per heavy atom. The molecule has 3 rings (SSSR count). The standard InChI is InChI=1S/C18H19F2N5O2/c1-12-13(10-24(3)21-12)9-23(2)18(26)16-6-7-25(22-16)11-27-17-5-4-14(19)8-15(17)20/h4-8,10H,9,11H2,1-3H3. The molecule has 1 aromatic carbocycles. The Morgan fingerprint density at radius 1 is 1.26 bits per heavy atom. The Labute approximate surface area is 154 Å². The van der Waals surface area contributed by atoms with Gasteiger partial charge >= 0.3 is 0 Å². The number of benzene rings is 1. The third-order valence-electron chi connectivity index (χ3n) is 3.98. The van der Waals surface area contributed by atoms with E-state index < -0.39 is 11.6 Å². The van der Waals surface area contributed by atoms with Crippen LogP contribution in [0.2, 0.25) is 0 Å². The zero-order valence-electron chi connectivity index (χ0n) is 15.2. The predicted octanol–water partition coefficient (Wildman–Crippen LogP) is 2.51. The maximum absolute atomic E-state index is 13.6. The molecular formula is C18H19F2N5O2. The van der Waals surface area contributed by atoms with Crippen LogP contribution in [0.25, 0.3) is 0 Å². The van der Waals surface area contributed by atoms with Crippen LogP contribution in [0.4, 0.5) is 8.78 Å². The van der Waals surface area contributed by atoms with Gasteiger partial charge in [-0.1, -0.05) is 0 Å². The number of nitrogens with zero attached hydrogens (tertiary/aromatic N) is 5. The number of hydrogen-bond acceptors (Lipinski definition) is 4. The van der Waals surface area contributed by atoms with Gasteiger partial charge in [0.2, 0.25) is 0 Å². The molecule has 0 aliphatic rings. The highest BCUT2D eigenvalue weighted by Gasteiger charge is 2.17. The van der Waals surface area contributed by atoms with Crippen LogP contribution in [-0.4, -0.2) is 37.4 Å². The summed E-state index contributed by atoms with van der Waals surface area (Å²) in [6.07, 6.45) is 3.42. The molecule has 0 saturated carbocycles. The van der Waals surface area contributed by atoms with Crippen molar-refractivity contribution in [3.8, 4) is 5.75 Å². The second kappa shape index (κ2) is 7.56. The lowest BCUT2D eigenvalue weighted by Crippen LogP contribution is -2.27. The summed E-state index contributed by atoms with van der Waals surface area (Å²) in [5, 5.41) is 8.40. The molecule has 2 heterocycles. The van der Waals surface area contributed by atoms with Gasteiger partial charge < -0.3 is 9.64 Å². The Morgan fingerprint density at radius 3 is 2.70 bits per heavy atom. The summed E-state index contributed by atoms with van der Waals surface area (Å²) in [6.45, 7) is 2.18. The molecule has 0 unspecified atom stereocenters. The number of ether oxygens (including phenoxy) is 1. The lowest BCUT2D eigenvalue weighted by atomic mass is 10.2. The Hall–Kier alpha value is -3.23. The largest absolute Gasteiger partial charge is 0.468 e. The van der Waals surface area contributed by atoms with Crippen LogP contribution in [-0.2, 0) is 20.3 Å². The Bertz CT molecular complexity index is 967. The molecule has 3 aromatic rings. The number of amides is 1. The third-order valence-corrected chi connectivity index (χ3v) is 3.98. The average molecular weight is 375 g/mol. The molecule has 0 N–H and O–H groups in total. The van der Waals surface area contributed by atoms with Crippen molar-refractivity contribution in [2.24, 2.45) is 7.05 Å². The maximum Gasteiger partial charge on any atom is 0.274 e. The number of aromatic nitrogens is 4. The van der Waals surface area contributed by atoms with Crippen molar-refractivity contribution in [3.63, 3.8) is 0 Å². The average Bonchev–Trinajstić information content (AvgIpc) is 3.20. The number of rotatable bonds is 6. The molecule has 1 amide bonds. The molecule has 9 heteroatoms. The fourth-order valence-corrected chi connectivity index (χ4v) is 2.60.